The number of rotatable bonds is 23. The molecule has 0 amide bonds. The van der Waals surface area contributed by atoms with E-state index in [1.54, 1.807) is 0 Å². The molecule has 0 rings (SSSR count). The van der Waals surface area contributed by atoms with E-state index in [-0.39, 0.29) is 11.9 Å². The van der Waals surface area contributed by atoms with Gasteiger partial charge in [-0.2, -0.15) is 0 Å². The Morgan fingerprint density at radius 1 is 0.581 bits per heavy atom. The van der Waals surface area contributed by atoms with Crippen LogP contribution < -0.4 is 0 Å². The average Bonchev–Trinajstić information content (AvgIpc) is 2.77. The van der Waals surface area contributed by atoms with Crippen LogP contribution in [0.3, 0.4) is 0 Å². The fourth-order valence-corrected chi connectivity index (χ4v) is 3.90. The summed E-state index contributed by atoms with van der Waals surface area (Å²) in [5, 5.41) is 0. The number of carbonyl (C=O) groups is 2. The zero-order valence-corrected chi connectivity index (χ0v) is 21.1. The van der Waals surface area contributed by atoms with Crippen LogP contribution in [0.25, 0.3) is 0 Å². The molecule has 0 saturated heterocycles. The number of ether oxygens (including phenoxy) is 2. The second kappa shape index (κ2) is 23.6. The summed E-state index contributed by atoms with van der Waals surface area (Å²) < 4.78 is 10.3. The minimum absolute atomic E-state index is 0.0131. The lowest BCUT2D eigenvalue weighted by Crippen LogP contribution is -2.11. The molecular weight excluding hydrogens is 388 g/mol. The van der Waals surface area contributed by atoms with Gasteiger partial charge in [-0.25, -0.2) is 0 Å². The van der Waals surface area contributed by atoms with E-state index in [2.05, 4.69) is 6.92 Å². The topological polar surface area (TPSA) is 52.6 Å². The summed E-state index contributed by atoms with van der Waals surface area (Å²) in [6.45, 7) is 7.36. The van der Waals surface area contributed by atoms with Crippen LogP contribution in [0.4, 0.5) is 0 Å². The Balaban J connectivity index is 3.32. The lowest BCUT2D eigenvalue weighted by molar-refractivity contribution is -0.145. The number of hydrogen-bond acceptors (Lipinski definition) is 4. The molecule has 4 nitrogen and oxygen atoms in total. The minimum Gasteiger partial charge on any atom is -0.466 e. The van der Waals surface area contributed by atoms with Gasteiger partial charge in [-0.1, -0.05) is 104 Å². The largest absolute Gasteiger partial charge is 0.466 e. The zero-order chi connectivity index (χ0) is 23.0. The third kappa shape index (κ3) is 21.9. The molecule has 0 saturated carbocycles. The minimum atomic E-state index is -0.0286. The molecule has 184 valence electrons. The third-order valence-electron chi connectivity index (χ3n) is 5.96. The number of esters is 2. The van der Waals surface area contributed by atoms with Gasteiger partial charge in [-0.3, -0.25) is 9.59 Å². The molecule has 0 fully saturated rings. The van der Waals surface area contributed by atoms with Crippen LogP contribution >= 0.6 is 0 Å². The summed E-state index contributed by atoms with van der Waals surface area (Å²) in [5.41, 5.74) is 0. The second-order valence-corrected chi connectivity index (χ2v) is 9.05. The molecule has 0 aromatic carbocycles. The summed E-state index contributed by atoms with van der Waals surface area (Å²) in [5.74, 6) is 0.458. The fourth-order valence-electron chi connectivity index (χ4n) is 3.90. The highest BCUT2D eigenvalue weighted by Crippen LogP contribution is 2.19. The highest BCUT2D eigenvalue weighted by atomic mass is 16.5. The summed E-state index contributed by atoms with van der Waals surface area (Å²) in [7, 11) is 0. The van der Waals surface area contributed by atoms with Gasteiger partial charge in [0.2, 0.25) is 0 Å². The van der Waals surface area contributed by atoms with Gasteiger partial charge in [-0.15, -0.1) is 0 Å². The van der Waals surface area contributed by atoms with Crippen LogP contribution in [0.2, 0.25) is 0 Å². The van der Waals surface area contributed by atoms with E-state index in [4.69, 9.17) is 9.47 Å². The molecule has 0 aromatic heterocycles. The van der Waals surface area contributed by atoms with Gasteiger partial charge in [-0.05, 0) is 31.6 Å². The third-order valence-corrected chi connectivity index (χ3v) is 5.96. The molecular formula is C27H52O4. The van der Waals surface area contributed by atoms with E-state index in [1.165, 1.54) is 70.6 Å². The van der Waals surface area contributed by atoms with Crippen molar-refractivity contribution in [1.82, 2.24) is 0 Å². The molecule has 0 bridgehead atoms. The summed E-state index contributed by atoms with van der Waals surface area (Å²) in [6, 6.07) is 0. The zero-order valence-electron chi connectivity index (χ0n) is 21.1. The van der Waals surface area contributed by atoms with Crippen molar-refractivity contribution in [2.75, 3.05) is 13.2 Å². The van der Waals surface area contributed by atoms with E-state index in [1.807, 2.05) is 13.8 Å². The van der Waals surface area contributed by atoms with Gasteiger partial charge in [0.05, 0.1) is 13.2 Å². The predicted octanol–water partition coefficient (Wildman–Crippen LogP) is 8.16. The monoisotopic (exact) mass is 440 g/mol. The maximum Gasteiger partial charge on any atom is 0.306 e. The van der Waals surface area contributed by atoms with E-state index in [0.29, 0.717) is 32.0 Å². The Bertz CT molecular complexity index is 408. The molecule has 0 N–H and O–H groups in total. The van der Waals surface area contributed by atoms with E-state index in [9.17, 15) is 9.59 Å². The maximum atomic E-state index is 11.7. The van der Waals surface area contributed by atoms with Crippen LogP contribution in [-0.4, -0.2) is 25.2 Å². The summed E-state index contributed by atoms with van der Waals surface area (Å²) in [6.07, 6.45) is 21.9. The van der Waals surface area contributed by atoms with Crippen LogP contribution in [0.5, 0.6) is 0 Å². The van der Waals surface area contributed by atoms with E-state index in [0.717, 1.165) is 38.5 Å². The molecule has 0 aromatic rings. The molecule has 0 aliphatic rings. The van der Waals surface area contributed by atoms with Gasteiger partial charge in [0, 0.05) is 12.8 Å². The van der Waals surface area contributed by atoms with Crippen molar-refractivity contribution in [3.63, 3.8) is 0 Å². The van der Waals surface area contributed by atoms with Gasteiger partial charge in [0.15, 0.2) is 0 Å². The molecule has 0 aliphatic heterocycles. The van der Waals surface area contributed by atoms with Crippen LogP contribution in [0.15, 0.2) is 0 Å². The first-order valence-electron chi connectivity index (χ1n) is 13.4. The van der Waals surface area contributed by atoms with Crippen molar-refractivity contribution < 1.29 is 19.1 Å². The first-order chi connectivity index (χ1) is 15.1. The first kappa shape index (κ1) is 29.9. The summed E-state index contributed by atoms with van der Waals surface area (Å²) >= 11 is 0. The van der Waals surface area contributed by atoms with Crippen molar-refractivity contribution in [3.05, 3.63) is 0 Å². The quantitative estimate of drug-likeness (QED) is 0.119. The number of hydrogen-bond donors (Lipinski definition) is 0. The van der Waals surface area contributed by atoms with Crippen LogP contribution in [-0.2, 0) is 19.1 Å². The maximum absolute atomic E-state index is 11.7. The van der Waals surface area contributed by atoms with E-state index < -0.39 is 0 Å². The van der Waals surface area contributed by atoms with Crippen molar-refractivity contribution in [2.45, 2.75) is 143 Å². The van der Waals surface area contributed by atoms with Crippen molar-refractivity contribution >= 4 is 11.9 Å². The molecule has 0 spiro atoms. The van der Waals surface area contributed by atoms with Crippen LogP contribution in [0.1, 0.15) is 143 Å². The Labute approximate surface area is 193 Å². The average molecular weight is 441 g/mol. The lowest BCUT2D eigenvalue weighted by atomic mass is 9.95. The number of unbranched alkanes of at least 4 members (excludes halogenated alkanes) is 12. The summed E-state index contributed by atoms with van der Waals surface area (Å²) in [4.78, 5) is 23.1. The van der Waals surface area contributed by atoms with Crippen LogP contribution in [0, 0.1) is 5.92 Å². The molecule has 0 heterocycles. The highest BCUT2D eigenvalue weighted by molar-refractivity contribution is 5.69. The molecule has 1 unspecified atom stereocenters. The van der Waals surface area contributed by atoms with Crippen molar-refractivity contribution in [3.8, 4) is 0 Å². The van der Waals surface area contributed by atoms with E-state index >= 15 is 0 Å². The van der Waals surface area contributed by atoms with Gasteiger partial charge >= 0.3 is 11.9 Å². The Morgan fingerprint density at radius 2 is 1.00 bits per heavy atom. The molecule has 0 aliphatic carbocycles. The standard InChI is InChI=1S/C27H52O4/c1-4-22-30-26(28)21-19-17-15-13-11-9-7-8-10-12-14-16-18-20-25(6-3)24-27(29)31-23-5-2/h25H,4-24H2,1-3H3. The molecule has 1 atom stereocenters. The molecule has 4 heteroatoms. The lowest BCUT2D eigenvalue weighted by Gasteiger charge is -2.13. The van der Waals surface area contributed by atoms with Crippen molar-refractivity contribution in [1.29, 1.82) is 0 Å². The first-order valence-corrected chi connectivity index (χ1v) is 13.4. The fraction of sp³-hybridized carbons (Fsp3) is 0.926. The second-order valence-electron chi connectivity index (χ2n) is 9.05. The normalized spacial score (nSPS) is 12.0. The predicted molar refractivity (Wildman–Crippen MR) is 130 cm³/mol. The Kier molecular flexibility index (Phi) is 22.8. The molecule has 31 heavy (non-hydrogen) atoms. The van der Waals surface area contributed by atoms with Gasteiger partial charge in [0.25, 0.3) is 0 Å². The highest BCUT2D eigenvalue weighted by Gasteiger charge is 2.12. The SMILES string of the molecule is CCCOC(=O)CCCCCCCCCCCCCCCC(CC)CC(=O)OCCC. The van der Waals surface area contributed by atoms with Gasteiger partial charge < -0.3 is 9.47 Å². The Morgan fingerprint density at radius 3 is 1.45 bits per heavy atom. The smallest absolute Gasteiger partial charge is 0.306 e. The van der Waals surface area contributed by atoms with Crippen molar-refractivity contribution in [2.24, 2.45) is 5.92 Å². The molecule has 0 radical (unpaired) electrons. The number of carbonyl (C=O) groups excluding carboxylic acids is 2. The van der Waals surface area contributed by atoms with Gasteiger partial charge in [0.1, 0.15) is 0 Å². The Hall–Kier alpha value is -1.06.